The number of amides is 1. The van der Waals surface area contributed by atoms with Crippen molar-refractivity contribution < 1.29 is 13.2 Å². The van der Waals surface area contributed by atoms with Crippen molar-refractivity contribution in [1.29, 1.82) is 0 Å². The fourth-order valence-electron chi connectivity index (χ4n) is 1.67. The topological polar surface area (TPSA) is 75.3 Å². The molecule has 1 atom stereocenters. The van der Waals surface area contributed by atoms with Crippen LogP contribution in [0.2, 0.25) is 0 Å². The summed E-state index contributed by atoms with van der Waals surface area (Å²) in [5.74, 6) is 0.0815. The second-order valence-electron chi connectivity index (χ2n) is 4.03. The zero-order valence-corrected chi connectivity index (χ0v) is 10.5. The van der Waals surface area contributed by atoms with Crippen molar-refractivity contribution in [3.8, 4) is 0 Å². The van der Waals surface area contributed by atoms with Gasteiger partial charge in [0.2, 0.25) is 5.91 Å². The van der Waals surface area contributed by atoms with Crippen LogP contribution in [-0.4, -0.2) is 45.0 Å². The van der Waals surface area contributed by atoms with Gasteiger partial charge in [-0.1, -0.05) is 13.3 Å². The lowest BCUT2D eigenvalue weighted by atomic mass is 10.0. The number of carbonyl (C=O) groups excluding carboxylic acids is 1. The van der Waals surface area contributed by atoms with E-state index >= 15 is 0 Å². The quantitative estimate of drug-likeness (QED) is 0.699. The Hall–Kier alpha value is -0.620. The van der Waals surface area contributed by atoms with Crippen LogP contribution in [0.3, 0.4) is 0 Å². The third kappa shape index (κ3) is 4.49. The van der Waals surface area contributed by atoms with Gasteiger partial charge in [0.05, 0.1) is 11.8 Å². The Balaban J connectivity index is 2.24. The van der Waals surface area contributed by atoms with Crippen LogP contribution in [0.1, 0.15) is 26.2 Å². The SMILES string of the molecule is CCS(=O)(=O)CCNC(=O)C1CCCCN1. The first kappa shape index (κ1) is 13.4. The van der Waals surface area contributed by atoms with E-state index in [1.165, 1.54) is 0 Å². The molecule has 0 bridgehead atoms. The lowest BCUT2D eigenvalue weighted by Crippen LogP contribution is -2.47. The van der Waals surface area contributed by atoms with Gasteiger partial charge in [-0.3, -0.25) is 4.79 Å². The van der Waals surface area contributed by atoms with Crippen molar-refractivity contribution in [3.05, 3.63) is 0 Å². The molecule has 0 aromatic carbocycles. The lowest BCUT2D eigenvalue weighted by Gasteiger charge is -2.22. The Morgan fingerprint density at radius 1 is 1.44 bits per heavy atom. The van der Waals surface area contributed by atoms with E-state index in [1.807, 2.05) is 0 Å². The molecule has 0 aliphatic carbocycles. The molecule has 0 radical (unpaired) electrons. The Labute approximate surface area is 96.9 Å². The van der Waals surface area contributed by atoms with Gasteiger partial charge in [-0.25, -0.2) is 8.42 Å². The van der Waals surface area contributed by atoms with Crippen molar-refractivity contribution in [1.82, 2.24) is 10.6 Å². The smallest absolute Gasteiger partial charge is 0.237 e. The molecule has 16 heavy (non-hydrogen) atoms. The monoisotopic (exact) mass is 248 g/mol. The van der Waals surface area contributed by atoms with Gasteiger partial charge in [0.25, 0.3) is 0 Å². The molecule has 0 spiro atoms. The minimum absolute atomic E-state index is 0.0297. The molecule has 1 unspecified atom stereocenters. The van der Waals surface area contributed by atoms with Crippen LogP contribution >= 0.6 is 0 Å². The van der Waals surface area contributed by atoms with Gasteiger partial charge in [-0.05, 0) is 19.4 Å². The summed E-state index contributed by atoms with van der Waals surface area (Å²) < 4.78 is 22.4. The first-order valence-corrected chi connectivity index (χ1v) is 7.59. The number of piperidine rings is 1. The molecule has 1 rings (SSSR count). The van der Waals surface area contributed by atoms with Crippen LogP contribution in [0.4, 0.5) is 0 Å². The summed E-state index contributed by atoms with van der Waals surface area (Å²) in [4.78, 5) is 11.6. The molecular weight excluding hydrogens is 228 g/mol. The van der Waals surface area contributed by atoms with E-state index in [0.29, 0.717) is 0 Å². The molecule has 2 N–H and O–H groups in total. The van der Waals surface area contributed by atoms with Gasteiger partial charge < -0.3 is 10.6 Å². The normalized spacial score (nSPS) is 21.7. The summed E-state index contributed by atoms with van der Waals surface area (Å²) >= 11 is 0. The maximum absolute atomic E-state index is 11.6. The van der Waals surface area contributed by atoms with Gasteiger partial charge in [0, 0.05) is 12.3 Å². The Kier molecular flexibility index (Phi) is 5.21. The minimum Gasteiger partial charge on any atom is -0.354 e. The summed E-state index contributed by atoms with van der Waals surface area (Å²) in [5, 5.41) is 5.78. The van der Waals surface area contributed by atoms with E-state index in [1.54, 1.807) is 6.92 Å². The number of nitrogens with one attached hydrogen (secondary N) is 2. The molecule has 0 aromatic heterocycles. The van der Waals surface area contributed by atoms with Crippen LogP contribution < -0.4 is 10.6 Å². The standard InChI is InChI=1S/C10H20N2O3S/c1-2-16(14,15)8-7-12-10(13)9-5-3-4-6-11-9/h9,11H,2-8H2,1H3,(H,12,13). The third-order valence-electron chi connectivity index (χ3n) is 2.78. The average Bonchev–Trinajstić information content (AvgIpc) is 2.30. The molecule has 6 heteroatoms. The highest BCUT2D eigenvalue weighted by Gasteiger charge is 2.20. The number of sulfone groups is 1. The lowest BCUT2D eigenvalue weighted by molar-refractivity contribution is -0.123. The van der Waals surface area contributed by atoms with Gasteiger partial charge in [-0.15, -0.1) is 0 Å². The molecule has 1 aliphatic heterocycles. The molecule has 0 aromatic rings. The molecule has 0 saturated carbocycles. The van der Waals surface area contributed by atoms with E-state index in [4.69, 9.17) is 0 Å². The summed E-state index contributed by atoms with van der Waals surface area (Å²) in [6.07, 6.45) is 3.00. The van der Waals surface area contributed by atoms with Crippen LogP contribution in [0.5, 0.6) is 0 Å². The van der Waals surface area contributed by atoms with E-state index in [0.717, 1.165) is 25.8 Å². The molecular formula is C10H20N2O3S. The van der Waals surface area contributed by atoms with Crippen molar-refractivity contribution in [2.24, 2.45) is 0 Å². The highest BCUT2D eigenvalue weighted by Crippen LogP contribution is 2.06. The fourth-order valence-corrected chi connectivity index (χ4v) is 2.37. The Morgan fingerprint density at radius 3 is 2.75 bits per heavy atom. The average molecular weight is 248 g/mol. The predicted molar refractivity (Wildman–Crippen MR) is 63.0 cm³/mol. The molecule has 1 aliphatic rings. The molecule has 1 amide bonds. The van der Waals surface area contributed by atoms with Crippen molar-refractivity contribution >= 4 is 15.7 Å². The Bertz CT molecular complexity index is 321. The van der Waals surface area contributed by atoms with Gasteiger partial charge in [0.15, 0.2) is 9.84 Å². The molecule has 1 heterocycles. The van der Waals surface area contributed by atoms with E-state index in [2.05, 4.69) is 10.6 Å². The summed E-state index contributed by atoms with van der Waals surface area (Å²) in [7, 11) is -2.98. The summed E-state index contributed by atoms with van der Waals surface area (Å²) in [6.45, 7) is 2.69. The highest BCUT2D eigenvalue weighted by atomic mass is 32.2. The summed E-state index contributed by atoms with van der Waals surface area (Å²) in [6, 6.07) is -0.141. The number of hydrogen-bond acceptors (Lipinski definition) is 4. The van der Waals surface area contributed by atoms with E-state index < -0.39 is 9.84 Å². The zero-order chi connectivity index (χ0) is 12.0. The maximum Gasteiger partial charge on any atom is 0.237 e. The molecule has 1 fully saturated rings. The largest absolute Gasteiger partial charge is 0.354 e. The van der Waals surface area contributed by atoms with Crippen molar-refractivity contribution in [3.63, 3.8) is 0 Å². The second kappa shape index (κ2) is 6.20. The fraction of sp³-hybridized carbons (Fsp3) is 0.900. The van der Waals surface area contributed by atoms with Crippen LogP contribution in [-0.2, 0) is 14.6 Å². The number of rotatable bonds is 5. The second-order valence-corrected chi connectivity index (χ2v) is 6.50. The Morgan fingerprint density at radius 2 is 2.19 bits per heavy atom. The van der Waals surface area contributed by atoms with Crippen LogP contribution in [0.15, 0.2) is 0 Å². The first-order chi connectivity index (χ1) is 7.55. The van der Waals surface area contributed by atoms with E-state index in [9.17, 15) is 13.2 Å². The van der Waals surface area contributed by atoms with E-state index in [-0.39, 0.29) is 30.0 Å². The van der Waals surface area contributed by atoms with Gasteiger partial charge >= 0.3 is 0 Å². The van der Waals surface area contributed by atoms with Crippen LogP contribution in [0.25, 0.3) is 0 Å². The molecule has 94 valence electrons. The number of carbonyl (C=O) groups is 1. The zero-order valence-electron chi connectivity index (χ0n) is 9.66. The first-order valence-electron chi connectivity index (χ1n) is 5.76. The molecule has 1 saturated heterocycles. The van der Waals surface area contributed by atoms with Crippen LogP contribution in [0, 0.1) is 0 Å². The molecule has 5 nitrogen and oxygen atoms in total. The summed E-state index contributed by atoms with van der Waals surface area (Å²) in [5.41, 5.74) is 0. The third-order valence-corrected chi connectivity index (χ3v) is 4.48. The highest BCUT2D eigenvalue weighted by molar-refractivity contribution is 7.91. The number of hydrogen-bond donors (Lipinski definition) is 2. The predicted octanol–water partition coefficient (Wildman–Crippen LogP) is -0.321. The van der Waals surface area contributed by atoms with Gasteiger partial charge in [-0.2, -0.15) is 0 Å². The van der Waals surface area contributed by atoms with Crippen molar-refractivity contribution in [2.45, 2.75) is 32.2 Å². The van der Waals surface area contributed by atoms with Crippen molar-refractivity contribution in [2.75, 3.05) is 24.6 Å². The minimum atomic E-state index is -2.98. The maximum atomic E-state index is 11.6. The van der Waals surface area contributed by atoms with Gasteiger partial charge in [0.1, 0.15) is 0 Å².